The Morgan fingerprint density at radius 3 is 2.41 bits per heavy atom. The summed E-state index contributed by atoms with van der Waals surface area (Å²) in [6.45, 7) is 0. The Kier molecular flexibility index (Phi) is 3.72. The van der Waals surface area contributed by atoms with Crippen LogP contribution in [0, 0.1) is 0 Å². The topological polar surface area (TPSA) is 49.3 Å². The van der Waals surface area contributed by atoms with E-state index >= 15 is 0 Å². The van der Waals surface area contributed by atoms with E-state index in [0.717, 1.165) is 18.2 Å². The Labute approximate surface area is 109 Å². The van der Waals surface area contributed by atoms with Gasteiger partial charge in [-0.1, -0.05) is 28.8 Å². The first kappa shape index (κ1) is 12.4. The molecule has 1 aliphatic rings. The first-order valence-corrected chi connectivity index (χ1v) is 6.95. The van der Waals surface area contributed by atoms with Gasteiger partial charge < -0.3 is 10.4 Å². The van der Waals surface area contributed by atoms with Crippen LogP contribution in [-0.4, -0.2) is 21.9 Å². The highest BCUT2D eigenvalue weighted by Gasteiger charge is 2.34. The van der Waals surface area contributed by atoms with E-state index < -0.39 is 0 Å². The fraction of sp³-hybridized carbons (Fsp3) is 0.462. The molecule has 2 N–H and O–H groups in total. The van der Waals surface area contributed by atoms with E-state index in [0.29, 0.717) is 5.56 Å². The van der Waals surface area contributed by atoms with Crippen molar-refractivity contribution in [2.24, 2.45) is 0 Å². The molecule has 1 fully saturated rings. The molecule has 1 aromatic carbocycles. The second-order valence-electron chi connectivity index (χ2n) is 4.62. The third-order valence-electron chi connectivity index (χ3n) is 3.32. The highest BCUT2D eigenvalue weighted by molar-refractivity contribution is 9.09. The van der Waals surface area contributed by atoms with Crippen LogP contribution in [0.5, 0.6) is 5.75 Å². The monoisotopic (exact) mass is 297 g/mol. The van der Waals surface area contributed by atoms with E-state index in [1.807, 2.05) is 0 Å². The van der Waals surface area contributed by atoms with Crippen molar-refractivity contribution >= 4 is 21.8 Å². The van der Waals surface area contributed by atoms with Gasteiger partial charge in [-0.2, -0.15) is 0 Å². The van der Waals surface area contributed by atoms with Crippen molar-refractivity contribution in [2.75, 3.05) is 5.33 Å². The van der Waals surface area contributed by atoms with Gasteiger partial charge in [0.2, 0.25) is 0 Å². The molecular formula is C13H16BrNO2. The predicted molar refractivity (Wildman–Crippen MR) is 70.6 cm³/mol. The second-order valence-corrected chi connectivity index (χ2v) is 5.18. The molecule has 1 aliphatic carbocycles. The largest absolute Gasteiger partial charge is 0.508 e. The molecule has 1 aromatic rings. The lowest BCUT2D eigenvalue weighted by Gasteiger charge is -2.28. The minimum Gasteiger partial charge on any atom is -0.508 e. The quantitative estimate of drug-likeness (QED) is 0.843. The third kappa shape index (κ3) is 2.80. The fourth-order valence-corrected chi connectivity index (χ4v) is 2.97. The summed E-state index contributed by atoms with van der Waals surface area (Å²) < 4.78 is 0. The summed E-state index contributed by atoms with van der Waals surface area (Å²) in [5.41, 5.74) is 0.504. The van der Waals surface area contributed by atoms with Gasteiger partial charge in [-0.05, 0) is 37.1 Å². The molecular weight excluding hydrogens is 282 g/mol. The van der Waals surface area contributed by atoms with E-state index in [1.54, 1.807) is 12.1 Å². The number of phenols is 1. The summed E-state index contributed by atoms with van der Waals surface area (Å²) >= 11 is 3.49. The van der Waals surface area contributed by atoms with Gasteiger partial charge in [0.15, 0.2) is 0 Å². The molecule has 0 saturated heterocycles. The van der Waals surface area contributed by atoms with Gasteiger partial charge >= 0.3 is 0 Å². The van der Waals surface area contributed by atoms with Crippen molar-refractivity contribution in [3.8, 4) is 5.75 Å². The predicted octanol–water partition coefficient (Wildman–Crippen LogP) is 2.83. The highest BCUT2D eigenvalue weighted by atomic mass is 79.9. The normalized spacial score (nSPS) is 17.9. The zero-order chi connectivity index (χ0) is 12.3. The maximum atomic E-state index is 12.1. The summed E-state index contributed by atoms with van der Waals surface area (Å²) in [7, 11) is 0. The molecule has 0 heterocycles. The minimum absolute atomic E-state index is 0.0636. The van der Waals surface area contributed by atoms with E-state index in [4.69, 9.17) is 0 Å². The molecule has 92 valence electrons. The van der Waals surface area contributed by atoms with Crippen molar-refractivity contribution < 1.29 is 9.90 Å². The SMILES string of the molecule is O=C(NC1(CBr)CCCC1)c1ccc(O)cc1. The second kappa shape index (κ2) is 5.08. The van der Waals surface area contributed by atoms with Crippen LogP contribution in [0.25, 0.3) is 0 Å². The molecule has 1 amide bonds. The van der Waals surface area contributed by atoms with Gasteiger partial charge in [0.25, 0.3) is 5.91 Å². The third-order valence-corrected chi connectivity index (χ3v) is 4.40. The van der Waals surface area contributed by atoms with Gasteiger partial charge in [-0.3, -0.25) is 4.79 Å². The lowest BCUT2D eigenvalue weighted by atomic mass is 10.00. The van der Waals surface area contributed by atoms with Crippen LogP contribution >= 0.6 is 15.9 Å². The highest BCUT2D eigenvalue weighted by Crippen LogP contribution is 2.31. The molecule has 2 rings (SSSR count). The number of benzene rings is 1. The van der Waals surface area contributed by atoms with Crippen molar-refractivity contribution in [1.82, 2.24) is 5.32 Å². The number of halogens is 1. The van der Waals surface area contributed by atoms with E-state index in [9.17, 15) is 9.90 Å². The number of amides is 1. The van der Waals surface area contributed by atoms with E-state index in [2.05, 4.69) is 21.2 Å². The van der Waals surface area contributed by atoms with E-state index in [-0.39, 0.29) is 17.2 Å². The van der Waals surface area contributed by atoms with Crippen molar-refractivity contribution in [1.29, 1.82) is 0 Å². The smallest absolute Gasteiger partial charge is 0.251 e. The number of rotatable bonds is 3. The molecule has 0 atom stereocenters. The van der Waals surface area contributed by atoms with Crippen LogP contribution in [0.2, 0.25) is 0 Å². The van der Waals surface area contributed by atoms with Crippen LogP contribution in [0.15, 0.2) is 24.3 Å². The maximum absolute atomic E-state index is 12.1. The van der Waals surface area contributed by atoms with Gasteiger partial charge in [0.05, 0.1) is 5.54 Å². The van der Waals surface area contributed by atoms with Crippen molar-refractivity contribution in [3.63, 3.8) is 0 Å². The number of aromatic hydroxyl groups is 1. The van der Waals surface area contributed by atoms with Crippen LogP contribution in [0.4, 0.5) is 0 Å². The number of hydrogen-bond acceptors (Lipinski definition) is 2. The summed E-state index contributed by atoms with van der Waals surface area (Å²) in [5.74, 6) is 0.115. The molecule has 0 bridgehead atoms. The average Bonchev–Trinajstić information content (AvgIpc) is 2.79. The lowest BCUT2D eigenvalue weighted by Crippen LogP contribution is -2.47. The zero-order valence-electron chi connectivity index (χ0n) is 9.58. The number of phenolic OH excluding ortho intramolecular Hbond substituents is 1. The Hall–Kier alpha value is -1.03. The molecule has 0 radical (unpaired) electrons. The van der Waals surface area contributed by atoms with Crippen LogP contribution in [0.1, 0.15) is 36.0 Å². The van der Waals surface area contributed by atoms with Crippen LogP contribution < -0.4 is 5.32 Å². The van der Waals surface area contributed by atoms with Crippen molar-refractivity contribution in [3.05, 3.63) is 29.8 Å². The average molecular weight is 298 g/mol. The number of carbonyl (C=O) groups excluding carboxylic acids is 1. The molecule has 17 heavy (non-hydrogen) atoms. The van der Waals surface area contributed by atoms with Gasteiger partial charge in [0.1, 0.15) is 5.75 Å². The van der Waals surface area contributed by atoms with Gasteiger partial charge in [0, 0.05) is 10.9 Å². The minimum atomic E-state index is -0.0883. The lowest BCUT2D eigenvalue weighted by molar-refractivity contribution is 0.0910. The van der Waals surface area contributed by atoms with Crippen LogP contribution in [0.3, 0.4) is 0 Å². The number of carbonyl (C=O) groups is 1. The number of hydrogen-bond donors (Lipinski definition) is 2. The Balaban J connectivity index is 2.08. The molecule has 3 nitrogen and oxygen atoms in total. The zero-order valence-corrected chi connectivity index (χ0v) is 11.2. The summed E-state index contributed by atoms with van der Waals surface area (Å²) in [4.78, 5) is 12.1. The first-order chi connectivity index (χ1) is 8.15. The van der Waals surface area contributed by atoms with E-state index in [1.165, 1.54) is 25.0 Å². The number of alkyl halides is 1. The summed E-state index contributed by atoms with van der Waals surface area (Å²) in [6, 6.07) is 6.35. The first-order valence-electron chi connectivity index (χ1n) is 5.83. The maximum Gasteiger partial charge on any atom is 0.251 e. The van der Waals surface area contributed by atoms with Gasteiger partial charge in [-0.25, -0.2) is 0 Å². The molecule has 1 saturated carbocycles. The fourth-order valence-electron chi connectivity index (χ4n) is 2.27. The van der Waals surface area contributed by atoms with Crippen molar-refractivity contribution in [2.45, 2.75) is 31.2 Å². The standard InChI is InChI=1S/C13H16BrNO2/c14-9-13(7-1-2-8-13)15-12(17)10-3-5-11(16)6-4-10/h3-6,16H,1-2,7-9H2,(H,15,17). The molecule has 0 aliphatic heterocycles. The Bertz CT molecular complexity index is 396. The van der Waals surface area contributed by atoms with Gasteiger partial charge in [-0.15, -0.1) is 0 Å². The molecule has 4 heteroatoms. The molecule has 0 spiro atoms. The summed E-state index contributed by atoms with van der Waals surface area (Å²) in [6.07, 6.45) is 4.40. The Morgan fingerprint density at radius 2 is 1.88 bits per heavy atom. The Morgan fingerprint density at radius 1 is 1.29 bits per heavy atom. The summed E-state index contributed by atoms with van der Waals surface area (Å²) in [5, 5.41) is 13.1. The molecule has 0 unspecified atom stereocenters. The van der Waals surface area contributed by atoms with Crippen LogP contribution in [-0.2, 0) is 0 Å². The number of nitrogens with one attached hydrogen (secondary N) is 1. The molecule has 0 aromatic heterocycles.